The number of alkyl halides is 3. The fraction of sp³-hybridized carbons (Fsp3) is 0.533. The molecule has 0 radical (unpaired) electrons. The van der Waals surface area contributed by atoms with Crippen molar-refractivity contribution in [3.63, 3.8) is 0 Å². The summed E-state index contributed by atoms with van der Waals surface area (Å²) >= 11 is 0. The fourth-order valence-corrected chi connectivity index (χ4v) is 2.40. The Hall–Kier alpha value is -1.56. The number of hydrogen-bond acceptors (Lipinski definition) is 2. The van der Waals surface area contributed by atoms with E-state index in [4.69, 9.17) is 0 Å². The van der Waals surface area contributed by atoms with Gasteiger partial charge in [0.05, 0.1) is 16.6 Å². The second kappa shape index (κ2) is 6.47. The molecule has 3 nitrogen and oxygen atoms in total. The molecule has 0 aliphatic rings. The Labute approximate surface area is 122 Å². The standard InChI is InChI=1S/C15H20F3N3/c1-3-9-21-13-6-5-11(15(16,17)18)10-12(13)20-14(21)7-8-19-4-2/h5-6,10,19H,3-4,7-9H2,1-2H3. The molecule has 1 heterocycles. The summed E-state index contributed by atoms with van der Waals surface area (Å²) in [5.74, 6) is 0.840. The topological polar surface area (TPSA) is 29.9 Å². The smallest absolute Gasteiger partial charge is 0.328 e. The summed E-state index contributed by atoms with van der Waals surface area (Å²) in [5.41, 5.74) is 0.551. The van der Waals surface area contributed by atoms with Gasteiger partial charge in [0.1, 0.15) is 5.82 Å². The molecule has 2 aromatic rings. The maximum atomic E-state index is 12.8. The van der Waals surface area contributed by atoms with Crippen LogP contribution in [0.3, 0.4) is 0 Å². The monoisotopic (exact) mass is 299 g/mol. The lowest BCUT2D eigenvalue weighted by atomic mass is 10.2. The normalized spacial score (nSPS) is 12.2. The summed E-state index contributed by atoms with van der Waals surface area (Å²) in [5, 5.41) is 3.21. The number of fused-ring (bicyclic) bond motifs is 1. The first kappa shape index (κ1) is 15.8. The van der Waals surface area contributed by atoms with E-state index in [-0.39, 0.29) is 0 Å². The minimum Gasteiger partial charge on any atom is -0.328 e. The van der Waals surface area contributed by atoms with E-state index < -0.39 is 11.7 Å². The SMILES string of the molecule is CCCn1c(CCNCC)nc2cc(C(F)(F)F)ccc21. The van der Waals surface area contributed by atoms with Crippen LogP contribution in [-0.2, 0) is 19.1 Å². The predicted molar refractivity (Wildman–Crippen MR) is 77.3 cm³/mol. The lowest BCUT2D eigenvalue weighted by molar-refractivity contribution is -0.137. The molecule has 2 rings (SSSR count). The number of benzene rings is 1. The number of aromatic nitrogens is 2. The van der Waals surface area contributed by atoms with Crippen LogP contribution in [0.5, 0.6) is 0 Å². The highest BCUT2D eigenvalue weighted by atomic mass is 19.4. The average Bonchev–Trinajstić information content (AvgIpc) is 2.76. The van der Waals surface area contributed by atoms with E-state index in [2.05, 4.69) is 10.3 Å². The maximum absolute atomic E-state index is 12.8. The lowest BCUT2D eigenvalue weighted by Crippen LogP contribution is -2.18. The van der Waals surface area contributed by atoms with Gasteiger partial charge in [0.25, 0.3) is 0 Å². The summed E-state index contributed by atoms with van der Waals surface area (Å²) < 4.78 is 40.3. The largest absolute Gasteiger partial charge is 0.416 e. The number of likely N-dealkylation sites (N-methyl/N-ethyl adjacent to an activating group) is 1. The highest BCUT2D eigenvalue weighted by Crippen LogP contribution is 2.31. The second-order valence-electron chi connectivity index (χ2n) is 4.98. The molecule has 0 saturated carbocycles. The Morgan fingerprint density at radius 3 is 2.62 bits per heavy atom. The molecule has 116 valence electrons. The van der Waals surface area contributed by atoms with Crippen LogP contribution in [0.15, 0.2) is 18.2 Å². The van der Waals surface area contributed by atoms with Crippen molar-refractivity contribution in [1.29, 1.82) is 0 Å². The molecule has 0 unspecified atom stereocenters. The highest BCUT2D eigenvalue weighted by molar-refractivity contribution is 5.77. The van der Waals surface area contributed by atoms with Gasteiger partial charge in [0.2, 0.25) is 0 Å². The molecule has 0 aliphatic carbocycles. The summed E-state index contributed by atoms with van der Waals surface area (Å²) in [6.45, 7) is 6.47. The zero-order valence-electron chi connectivity index (χ0n) is 12.3. The third-order valence-electron chi connectivity index (χ3n) is 3.38. The van der Waals surface area contributed by atoms with Gasteiger partial charge in [-0.05, 0) is 31.2 Å². The van der Waals surface area contributed by atoms with Crippen molar-refractivity contribution in [2.45, 2.75) is 39.4 Å². The zero-order chi connectivity index (χ0) is 15.5. The third kappa shape index (κ3) is 3.56. The minimum absolute atomic E-state index is 0.421. The number of imidazole rings is 1. The molecule has 0 amide bonds. The van der Waals surface area contributed by atoms with E-state index in [1.54, 1.807) is 0 Å². The Morgan fingerprint density at radius 2 is 2.00 bits per heavy atom. The number of aryl methyl sites for hydroxylation is 1. The van der Waals surface area contributed by atoms with Gasteiger partial charge in [0.15, 0.2) is 0 Å². The van der Waals surface area contributed by atoms with Gasteiger partial charge in [0, 0.05) is 19.5 Å². The number of halogens is 3. The van der Waals surface area contributed by atoms with Crippen molar-refractivity contribution in [2.24, 2.45) is 0 Å². The molecule has 21 heavy (non-hydrogen) atoms. The Bertz CT molecular complexity index is 602. The lowest BCUT2D eigenvalue weighted by Gasteiger charge is -2.09. The van der Waals surface area contributed by atoms with Crippen LogP contribution in [0.25, 0.3) is 11.0 Å². The fourth-order valence-electron chi connectivity index (χ4n) is 2.40. The van der Waals surface area contributed by atoms with Crippen molar-refractivity contribution < 1.29 is 13.2 Å². The molecule has 0 bridgehead atoms. The number of nitrogens with one attached hydrogen (secondary N) is 1. The summed E-state index contributed by atoms with van der Waals surface area (Å²) in [4.78, 5) is 4.40. The van der Waals surface area contributed by atoms with Gasteiger partial charge in [-0.25, -0.2) is 4.98 Å². The Morgan fingerprint density at radius 1 is 1.24 bits per heavy atom. The molecule has 0 aliphatic heterocycles. The molecule has 0 spiro atoms. The second-order valence-corrected chi connectivity index (χ2v) is 4.98. The van der Waals surface area contributed by atoms with Gasteiger partial charge < -0.3 is 9.88 Å². The van der Waals surface area contributed by atoms with Crippen LogP contribution in [0.1, 0.15) is 31.7 Å². The molecule has 1 N–H and O–H groups in total. The van der Waals surface area contributed by atoms with E-state index in [0.29, 0.717) is 11.9 Å². The van der Waals surface area contributed by atoms with Crippen LogP contribution < -0.4 is 5.32 Å². The third-order valence-corrected chi connectivity index (χ3v) is 3.38. The molecule has 0 fully saturated rings. The summed E-state index contributed by atoms with van der Waals surface area (Å²) in [6.07, 6.45) is -2.70. The Balaban J connectivity index is 2.40. The van der Waals surface area contributed by atoms with Crippen molar-refractivity contribution in [2.75, 3.05) is 13.1 Å². The van der Waals surface area contributed by atoms with E-state index in [0.717, 1.165) is 49.5 Å². The van der Waals surface area contributed by atoms with Crippen LogP contribution in [0.2, 0.25) is 0 Å². The molecule has 6 heteroatoms. The van der Waals surface area contributed by atoms with Gasteiger partial charge in [-0.2, -0.15) is 13.2 Å². The van der Waals surface area contributed by atoms with Gasteiger partial charge in [-0.15, -0.1) is 0 Å². The van der Waals surface area contributed by atoms with E-state index >= 15 is 0 Å². The molecular weight excluding hydrogens is 279 g/mol. The number of hydrogen-bond donors (Lipinski definition) is 1. The molecule has 1 aromatic carbocycles. The van der Waals surface area contributed by atoms with Crippen LogP contribution in [0, 0.1) is 0 Å². The van der Waals surface area contributed by atoms with Crippen LogP contribution in [0.4, 0.5) is 13.2 Å². The molecule has 0 atom stereocenters. The first-order valence-corrected chi connectivity index (χ1v) is 7.24. The van der Waals surface area contributed by atoms with Crippen molar-refractivity contribution >= 4 is 11.0 Å². The number of rotatable bonds is 6. The average molecular weight is 299 g/mol. The quantitative estimate of drug-likeness (QED) is 0.826. The molecular formula is C15H20F3N3. The maximum Gasteiger partial charge on any atom is 0.416 e. The van der Waals surface area contributed by atoms with Gasteiger partial charge in [-0.3, -0.25) is 0 Å². The van der Waals surface area contributed by atoms with Crippen molar-refractivity contribution in [1.82, 2.24) is 14.9 Å². The summed E-state index contributed by atoms with van der Waals surface area (Å²) in [6, 6.07) is 3.79. The number of nitrogens with zero attached hydrogens (tertiary/aromatic N) is 2. The summed E-state index contributed by atoms with van der Waals surface area (Å²) in [7, 11) is 0. The first-order valence-electron chi connectivity index (χ1n) is 7.24. The molecule has 1 aromatic heterocycles. The Kier molecular flexibility index (Phi) is 4.88. The van der Waals surface area contributed by atoms with Crippen LogP contribution >= 0.6 is 0 Å². The van der Waals surface area contributed by atoms with Crippen LogP contribution in [-0.4, -0.2) is 22.6 Å². The van der Waals surface area contributed by atoms with E-state index in [9.17, 15) is 13.2 Å². The van der Waals surface area contributed by atoms with Gasteiger partial charge in [-0.1, -0.05) is 13.8 Å². The minimum atomic E-state index is -4.33. The van der Waals surface area contributed by atoms with E-state index in [1.807, 2.05) is 18.4 Å². The van der Waals surface area contributed by atoms with Crippen molar-refractivity contribution in [3.8, 4) is 0 Å². The predicted octanol–water partition coefficient (Wildman–Crippen LogP) is 3.62. The van der Waals surface area contributed by atoms with Crippen molar-refractivity contribution in [3.05, 3.63) is 29.6 Å². The first-order chi connectivity index (χ1) is 9.97. The van der Waals surface area contributed by atoms with E-state index in [1.165, 1.54) is 6.07 Å². The highest BCUT2D eigenvalue weighted by Gasteiger charge is 2.31. The zero-order valence-corrected chi connectivity index (χ0v) is 12.3. The van der Waals surface area contributed by atoms with Gasteiger partial charge >= 0.3 is 6.18 Å². The molecule has 0 saturated heterocycles.